The summed E-state index contributed by atoms with van der Waals surface area (Å²) >= 11 is 11.0. The molecule has 0 saturated carbocycles. The van der Waals surface area contributed by atoms with Gasteiger partial charge in [0.2, 0.25) is 4.96 Å². The van der Waals surface area contributed by atoms with E-state index >= 15 is 0 Å². The maximum absolute atomic E-state index is 12.5. The molecule has 0 aliphatic carbocycles. The van der Waals surface area contributed by atoms with Gasteiger partial charge in [0.15, 0.2) is 0 Å². The summed E-state index contributed by atoms with van der Waals surface area (Å²) in [5.41, 5.74) is 2.18. The lowest BCUT2D eigenvalue weighted by Gasteiger charge is -2.00. The highest BCUT2D eigenvalue weighted by molar-refractivity contribution is 9.10. The molecule has 0 fully saturated rings. The van der Waals surface area contributed by atoms with E-state index in [0.29, 0.717) is 37.8 Å². The summed E-state index contributed by atoms with van der Waals surface area (Å²) in [6.07, 6.45) is 0.686. The number of hydrogen-bond donors (Lipinski definition) is 0. The molecule has 0 aliphatic rings. The smallest absolute Gasteiger partial charge is 0.345 e. The predicted molar refractivity (Wildman–Crippen MR) is 114 cm³/mol. The van der Waals surface area contributed by atoms with Gasteiger partial charge in [-0.2, -0.15) is 9.61 Å². The Morgan fingerprint density at radius 2 is 1.93 bits per heavy atom. The molecule has 28 heavy (non-hydrogen) atoms. The van der Waals surface area contributed by atoms with Crippen LogP contribution >= 0.6 is 38.9 Å². The van der Waals surface area contributed by atoms with Crippen LogP contribution in [0.4, 0.5) is 0 Å². The summed E-state index contributed by atoms with van der Waals surface area (Å²) in [5.74, 6) is 0. The van der Waals surface area contributed by atoms with Gasteiger partial charge in [-0.05, 0) is 45.8 Å². The SMILES string of the molecule is O=c1oc2ccccc2cc1-c1nc2sc(Cc3ccc(Cl)cc3)nn2c1Br. The van der Waals surface area contributed by atoms with Crippen molar-refractivity contribution in [2.75, 3.05) is 0 Å². The van der Waals surface area contributed by atoms with Crippen molar-refractivity contribution in [1.82, 2.24) is 14.6 Å². The summed E-state index contributed by atoms with van der Waals surface area (Å²) in [4.78, 5) is 17.8. The van der Waals surface area contributed by atoms with Crippen molar-refractivity contribution in [1.29, 1.82) is 0 Å². The van der Waals surface area contributed by atoms with Crippen molar-refractivity contribution < 1.29 is 4.42 Å². The largest absolute Gasteiger partial charge is 0.422 e. The number of imidazole rings is 1. The first-order valence-corrected chi connectivity index (χ1v) is 10.4. The Bertz CT molecular complexity index is 1390. The Morgan fingerprint density at radius 3 is 2.71 bits per heavy atom. The molecule has 0 unspecified atom stereocenters. The highest BCUT2D eigenvalue weighted by Crippen LogP contribution is 2.31. The molecule has 0 saturated heterocycles. The van der Waals surface area contributed by atoms with Crippen LogP contribution in [0.15, 0.2) is 68.4 Å². The van der Waals surface area contributed by atoms with Gasteiger partial charge in [-0.25, -0.2) is 9.78 Å². The third-order valence-corrected chi connectivity index (χ3v) is 6.23. The number of para-hydroxylation sites is 1. The second kappa shape index (κ2) is 6.84. The highest BCUT2D eigenvalue weighted by atomic mass is 79.9. The molecule has 0 radical (unpaired) electrons. The lowest BCUT2D eigenvalue weighted by Crippen LogP contribution is -2.03. The first-order chi connectivity index (χ1) is 13.6. The lowest BCUT2D eigenvalue weighted by molar-refractivity contribution is 0.563. The number of rotatable bonds is 3. The fraction of sp³-hybridized carbons (Fsp3) is 0.0500. The van der Waals surface area contributed by atoms with E-state index in [4.69, 9.17) is 16.0 Å². The minimum Gasteiger partial charge on any atom is -0.422 e. The van der Waals surface area contributed by atoms with Gasteiger partial charge >= 0.3 is 5.63 Å². The fourth-order valence-corrected chi connectivity index (χ4v) is 4.73. The molecule has 2 aromatic carbocycles. The molecule has 138 valence electrons. The Morgan fingerprint density at radius 1 is 1.14 bits per heavy atom. The number of aromatic nitrogens is 3. The normalized spacial score (nSPS) is 11.5. The number of fused-ring (bicyclic) bond motifs is 2. The summed E-state index contributed by atoms with van der Waals surface area (Å²) in [7, 11) is 0. The molecule has 5 rings (SSSR count). The van der Waals surface area contributed by atoms with Crippen LogP contribution in [0.1, 0.15) is 10.6 Å². The monoisotopic (exact) mass is 471 g/mol. The van der Waals surface area contributed by atoms with Crippen LogP contribution in [-0.4, -0.2) is 14.6 Å². The van der Waals surface area contributed by atoms with Gasteiger partial charge in [0.25, 0.3) is 0 Å². The molecule has 0 bridgehead atoms. The van der Waals surface area contributed by atoms with E-state index in [1.165, 1.54) is 11.3 Å². The molecular weight excluding hydrogens is 462 g/mol. The molecule has 3 aromatic heterocycles. The molecule has 0 aliphatic heterocycles. The summed E-state index contributed by atoms with van der Waals surface area (Å²) < 4.78 is 7.77. The van der Waals surface area contributed by atoms with Gasteiger partial charge < -0.3 is 4.42 Å². The van der Waals surface area contributed by atoms with Crippen LogP contribution in [0, 0.1) is 0 Å². The van der Waals surface area contributed by atoms with Crippen molar-refractivity contribution in [2.45, 2.75) is 6.42 Å². The van der Waals surface area contributed by atoms with Gasteiger partial charge in [-0.3, -0.25) is 0 Å². The van der Waals surface area contributed by atoms with E-state index in [9.17, 15) is 4.79 Å². The van der Waals surface area contributed by atoms with Crippen molar-refractivity contribution in [3.05, 3.63) is 85.2 Å². The average Bonchev–Trinajstić information content (AvgIpc) is 3.22. The van der Waals surface area contributed by atoms with E-state index in [-0.39, 0.29) is 0 Å². The molecule has 3 heterocycles. The minimum atomic E-state index is -0.424. The van der Waals surface area contributed by atoms with Crippen LogP contribution in [0.25, 0.3) is 27.2 Å². The van der Waals surface area contributed by atoms with E-state index in [1.54, 1.807) is 16.6 Å². The number of nitrogens with zero attached hydrogens (tertiary/aromatic N) is 3. The Kier molecular flexibility index (Phi) is 4.30. The van der Waals surface area contributed by atoms with Gasteiger partial charge in [0, 0.05) is 16.8 Å². The summed E-state index contributed by atoms with van der Waals surface area (Å²) in [5, 5.41) is 7.10. The van der Waals surface area contributed by atoms with Crippen molar-refractivity contribution in [3.63, 3.8) is 0 Å². The maximum Gasteiger partial charge on any atom is 0.345 e. The average molecular weight is 473 g/mol. The van der Waals surface area contributed by atoms with Crippen LogP contribution < -0.4 is 5.63 Å². The van der Waals surface area contributed by atoms with E-state index in [0.717, 1.165) is 16.0 Å². The van der Waals surface area contributed by atoms with E-state index in [2.05, 4.69) is 26.0 Å². The third kappa shape index (κ3) is 3.05. The predicted octanol–water partition coefficient (Wildman–Crippen LogP) is 5.57. The zero-order valence-electron chi connectivity index (χ0n) is 14.2. The van der Waals surface area contributed by atoms with Crippen molar-refractivity contribution in [2.24, 2.45) is 0 Å². The van der Waals surface area contributed by atoms with Crippen LogP contribution in [-0.2, 0) is 6.42 Å². The summed E-state index contributed by atoms with van der Waals surface area (Å²) in [6.45, 7) is 0. The van der Waals surface area contributed by atoms with Gasteiger partial charge in [0.1, 0.15) is 20.9 Å². The Balaban J connectivity index is 1.56. The second-order valence-corrected chi connectivity index (χ2v) is 8.46. The van der Waals surface area contributed by atoms with Crippen LogP contribution in [0.2, 0.25) is 5.02 Å². The molecule has 0 spiro atoms. The fourth-order valence-electron chi connectivity index (χ4n) is 3.01. The van der Waals surface area contributed by atoms with Gasteiger partial charge in [-0.1, -0.05) is 53.3 Å². The first-order valence-electron chi connectivity index (χ1n) is 8.40. The van der Waals surface area contributed by atoms with Crippen molar-refractivity contribution in [3.8, 4) is 11.3 Å². The molecule has 5 aromatic rings. The van der Waals surface area contributed by atoms with E-state index < -0.39 is 5.63 Å². The number of halogens is 2. The van der Waals surface area contributed by atoms with E-state index in [1.807, 2.05) is 42.5 Å². The molecule has 0 atom stereocenters. The molecule has 0 amide bonds. The molecular formula is C20H11BrClN3O2S. The van der Waals surface area contributed by atoms with Crippen molar-refractivity contribution >= 4 is 54.8 Å². The molecule has 5 nitrogen and oxygen atoms in total. The standard InChI is InChI=1S/C20H11BrClN3O2S/c21-18-17(14-10-12-3-1-2-4-15(12)27-19(14)26)23-20-25(18)24-16(28-20)9-11-5-7-13(22)8-6-11/h1-8,10H,9H2. The van der Waals surface area contributed by atoms with Crippen LogP contribution in [0.3, 0.4) is 0 Å². The highest BCUT2D eigenvalue weighted by Gasteiger charge is 2.19. The minimum absolute atomic E-state index is 0.405. The lowest BCUT2D eigenvalue weighted by atomic mass is 10.1. The number of hydrogen-bond acceptors (Lipinski definition) is 5. The first kappa shape index (κ1) is 17.6. The van der Waals surface area contributed by atoms with Crippen LogP contribution in [0.5, 0.6) is 0 Å². The Hall–Kier alpha value is -2.48. The topological polar surface area (TPSA) is 60.4 Å². The molecule has 0 N–H and O–H groups in total. The third-order valence-electron chi connectivity index (χ3n) is 4.36. The zero-order valence-corrected chi connectivity index (χ0v) is 17.4. The summed E-state index contributed by atoms with van der Waals surface area (Å²) in [6, 6.07) is 16.9. The number of benzene rings is 2. The zero-order chi connectivity index (χ0) is 19.3. The molecule has 8 heteroatoms. The Labute approximate surface area is 176 Å². The maximum atomic E-state index is 12.5. The van der Waals surface area contributed by atoms with Gasteiger partial charge in [0.05, 0.1) is 5.56 Å². The second-order valence-electron chi connectivity index (χ2n) is 6.23. The van der Waals surface area contributed by atoms with Gasteiger partial charge in [-0.15, -0.1) is 0 Å². The quantitative estimate of drug-likeness (QED) is 0.322.